The molecule has 118 valence electrons. The van der Waals surface area contributed by atoms with E-state index < -0.39 is 0 Å². The quantitative estimate of drug-likeness (QED) is 0.879. The predicted octanol–water partition coefficient (Wildman–Crippen LogP) is 3.58. The first-order valence-electron chi connectivity index (χ1n) is 6.82. The number of hydrogen-bond donors (Lipinski definition) is 1. The molecule has 2 rings (SSSR count). The normalized spacial score (nSPS) is 9.96. The van der Waals surface area contributed by atoms with Gasteiger partial charge < -0.3 is 10.1 Å². The van der Waals surface area contributed by atoms with Gasteiger partial charge >= 0.3 is 0 Å². The Morgan fingerprint density at radius 2 is 2.17 bits per heavy atom. The minimum absolute atomic E-state index is 0.180. The van der Waals surface area contributed by atoms with Crippen LogP contribution in [0.5, 0.6) is 5.75 Å². The summed E-state index contributed by atoms with van der Waals surface area (Å²) >= 11 is 1.36. The smallest absolute Gasteiger partial charge is 0.234 e. The number of anilines is 1. The summed E-state index contributed by atoms with van der Waals surface area (Å²) in [4.78, 5) is 11.9. The van der Waals surface area contributed by atoms with Gasteiger partial charge in [-0.05, 0) is 36.4 Å². The van der Waals surface area contributed by atoms with Crippen molar-refractivity contribution in [2.75, 3.05) is 18.2 Å². The van der Waals surface area contributed by atoms with Crippen molar-refractivity contribution >= 4 is 23.4 Å². The van der Waals surface area contributed by atoms with Crippen molar-refractivity contribution < 1.29 is 13.9 Å². The summed E-state index contributed by atoms with van der Waals surface area (Å²) in [7, 11) is 1.52. The van der Waals surface area contributed by atoms with Crippen LogP contribution < -0.4 is 10.1 Å². The average molecular weight is 330 g/mol. The zero-order valence-corrected chi connectivity index (χ0v) is 13.3. The van der Waals surface area contributed by atoms with E-state index in [1.54, 1.807) is 30.3 Å². The van der Waals surface area contributed by atoms with Crippen LogP contribution in [0.25, 0.3) is 0 Å². The van der Waals surface area contributed by atoms with E-state index in [9.17, 15) is 9.18 Å². The summed E-state index contributed by atoms with van der Waals surface area (Å²) in [5.41, 5.74) is 1.77. The molecule has 0 spiro atoms. The number of benzene rings is 2. The molecule has 2 aromatic rings. The number of amides is 1. The summed E-state index contributed by atoms with van der Waals surface area (Å²) in [6.45, 7) is 0. The van der Waals surface area contributed by atoms with Gasteiger partial charge in [-0.25, -0.2) is 4.39 Å². The lowest BCUT2D eigenvalue weighted by molar-refractivity contribution is -0.113. The third-order valence-corrected chi connectivity index (χ3v) is 3.99. The number of nitrogens with zero attached hydrogens (tertiary/aromatic N) is 1. The van der Waals surface area contributed by atoms with Crippen molar-refractivity contribution in [3.8, 4) is 11.8 Å². The first-order valence-corrected chi connectivity index (χ1v) is 7.98. The number of carbonyl (C=O) groups excluding carboxylic acids is 1. The van der Waals surface area contributed by atoms with Gasteiger partial charge in [-0.15, -0.1) is 11.8 Å². The second-order valence-corrected chi connectivity index (χ2v) is 5.68. The largest absolute Gasteiger partial charge is 0.496 e. The first kappa shape index (κ1) is 16.8. The van der Waals surface area contributed by atoms with Crippen LogP contribution in [0.2, 0.25) is 0 Å². The zero-order chi connectivity index (χ0) is 16.7. The fourth-order valence-electron chi connectivity index (χ4n) is 1.98. The standard InChI is InChI=1S/C17H15FN2O2S/c1-22-16-6-5-14(18)8-13(16)10-23-11-17(21)20-15-4-2-3-12(7-15)9-19/h2-8H,10-11H2,1H3,(H,20,21). The Morgan fingerprint density at radius 3 is 2.91 bits per heavy atom. The SMILES string of the molecule is COc1ccc(F)cc1CSCC(=O)Nc1cccc(C#N)c1. The maximum absolute atomic E-state index is 13.3. The molecule has 0 saturated heterocycles. The van der Waals surface area contributed by atoms with Crippen LogP contribution in [0.1, 0.15) is 11.1 Å². The molecule has 0 saturated carbocycles. The van der Waals surface area contributed by atoms with E-state index >= 15 is 0 Å². The minimum atomic E-state index is -0.334. The Balaban J connectivity index is 1.88. The number of hydrogen-bond acceptors (Lipinski definition) is 4. The predicted molar refractivity (Wildman–Crippen MR) is 88.9 cm³/mol. The van der Waals surface area contributed by atoms with Gasteiger partial charge in [0.1, 0.15) is 11.6 Å². The number of nitriles is 1. The third-order valence-electron chi connectivity index (χ3n) is 3.01. The highest BCUT2D eigenvalue weighted by molar-refractivity contribution is 7.99. The van der Waals surface area contributed by atoms with Crippen molar-refractivity contribution in [1.29, 1.82) is 5.26 Å². The van der Waals surface area contributed by atoms with Crippen LogP contribution in [-0.2, 0) is 10.5 Å². The van der Waals surface area contributed by atoms with Crippen LogP contribution in [0.4, 0.5) is 10.1 Å². The fraction of sp³-hybridized carbons (Fsp3) is 0.176. The van der Waals surface area contributed by atoms with Crippen LogP contribution >= 0.6 is 11.8 Å². The lowest BCUT2D eigenvalue weighted by Crippen LogP contribution is -2.14. The number of thioether (sulfide) groups is 1. The molecule has 0 aliphatic carbocycles. The summed E-state index contributed by atoms with van der Waals surface area (Å²) in [6.07, 6.45) is 0. The number of nitrogens with one attached hydrogen (secondary N) is 1. The second-order valence-electron chi connectivity index (χ2n) is 4.69. The monoisotopic (exact) mass is 330 g/mol. The maximum atomic E-state index is 13.3. The van der Waals surface area contributed by atoms with Gasteiger partial charge in [-0.2, -0.15) is 5.26 Å². The molecule has 0 bridgehead atoms. The molecule has 0 fully saturated rings. The van der Waals surface area contributed by atoms with Crippen LogP contribution in [0.15, 0.2) is 42.5 Å². The molecule has 1 N–H and O–H groups in total. The number of carbonyl (C=O) groups is 1. The molecule has 0 atom stereocenters. The minimum Gasteiger partial charge on any atom is -0.496 e. The van der Waals surface area contributed by atoms with Gasteiger partial charge in [0.15, 0.2) is 0 Å². The topological polar surface area (TPSA) is 62.1 Å². The number of halogens is 1. The van der Waals surface area contributed by atoms with E-state index in [0.29, 0.717) is 28.3 Å². The highest BCUT2D eigenvalue weighted by atomic mass is 32.2. The van der Waals surface area contributed by atoms with Crippen LogP contribution in [0.3, 0.4) is 0 Å². The molecule has 2 aromatic carbocycles. The zero-order valence-electron chi connectivity index (χ0n) is 12.5. The molecule has 0 radical (unpaired) electrons. The van der Waals surface area contributed by atoms with Gasteiger partial charge in [0.2, 0.25) is 5.91 Å². The van der Waals surface area contributed by atoms with Crippen molar-refractivity contribution in [2.45, 2.75) is 5.75 Å². The molecule has 0 aliphatic heterocycles. The molecule has 0 heterocycles. The Bertz CT molecular complexity index is 744. The summed E-state index contributed by atoms with van der Waals surface area (Å²) in [6, 6.07) is 13.0. The summed E-state index contributed by atoms with van der Waals surface area (Å²) in [5, 5.41) is 11.6. The molecule has 6 heteroatoms. The number of ether oxygens (including phenoxy) is 1. The average Bonchev–Trinajstić information content (AvgIpc) is 2.55. The molecule has 1 amide bonds. The molecular weight excluding hydrogens is 315 g/mol. The molecule has 23 heavy (non-hydrogen) atoms. The van der Waals surface area contributed by atoms with E-state index in [1.807, 2.05) is 6.07 Å². The Hall–Kier alpha value is -2.52. The summed E-state index contributed by atoms with van der Waals surface area (Å²) in [5.74, 6) is 0.768. The van der Waals surface area contributed by atoms with E-state index in [0.717, 1.165) is 0 Å². The highest BCUT2D eigenvalue weighted by Gasteiger charge is 2.08. The van der Waals surface area contributed by atoms with Crippen LogP contribution in [0, 0.1) is 17.1 Å². The lowest BCUT2D eigenvalue weighted by Gasteiger charge is -2.09. The second kappa shape index (κ2) is 8.20. The van der Waals surface area contributed by atoms with Gasteiger partial charge in [0.25, 0.3) is 0 Å². The van der Waals surface area contributed by atoms with Gasteiger partial charge in [0, 0.05) is 17.0 Å². The molecule has 0 aromatic heterocycles. The lowest BCUT2D eigenvalue weighted by atomic mass is 10.2. The van der Waals surface area contributed by atoms with Crippen LogP contribution in [-0.4, -0.2) is 18.8 Å². The third kappa shape index (κ3) is 5.01. The van der Waals surface area contributed by atoms with Crippen molar-refractivity contribution in [1.82, 2.24) is 0 Å². The van der Waals surface area contributed by atoms with Crippen molar-refractivity contribution in [3.63, 3.8) is 0 Å². The van der Waals surface area contributed by atoms with Gasteiger partial charge in [-0.3, -0.25) is 4.79 Å². The Morgan fingerprint density at radius 1 is 1.35 bits per heavy atom. The number of methoxy groups -OCH3 is 1. The summed E-state index contributed by atoms with van der Waals surface area (Å²) < 4.78 is 18.4. The highest BCUT2D eigenvalue weighted by Crippen LogP contribution is 2.24. The Kier molecular flexibility index (Phi) is 6.01. The van der Waals surface area contributed by atoms with E-state index in [-0.39, 0.29) is 17.5 Å². The van der Waals surface area contributed by atoms with Crippen molar-refractivity contribution in [3.05, 3.63) is 59.4 Å². The first-order chi connectivity index (χ1) is 11.1. The van der Waals surface area contributed by atoms with E-state index in [2.05, 4.69) is 5.32 Å². The molecule has 0 unspecified atom stereocenters. The van der Waals surface area contributed by atoms with Gasteiger partial charge in [-0.1, -0.05) is 6.07 Å². The van der Waals surface area contributed by atoms with E-state index in [1.165, 1.54) is 31.0 Å². The number of rotatable bonds is 6. The maximum Gasteiger partial charge on any atom is 0.234 e. The molecule has 4 nitrogen and oxygen atoms in total. The van der Waals surface area contributed by atoms with Gasteiger partial charge in [0.05, 0.1) is 24.5 Å². The fourth-order valence-corrected chi connectivity index (χ4v) is 2.78. The van der Waals surface area contributed by atoms with Crippen molar-refractivity contribution in [2.24, 2.45) is 0 Å². The molecule has 0 aliphatic rings. The molecular formula is C17H15FN2O2S. The Labute approximate surface area is 138 Å². The van der Waals surface area contributed by atoms with E-state index in [4.69, 9.17) is 10.00 Å².